The predicted octanol–water partition coefficient (Wildman–Crippen LogP) is 3.90. The highest BCUT2D eigenvalue weighted by Crippen LogP contribution is 2.30. The minimum atomic E-state index is -0.263. The number of carbonyl (C=O) groups excluding carboxylic acids is 2. The van der Waals surface area contributed by atoms with Gasteiger partial charge < -0.3 is 9.32 Å². The van der Waals surface area contributed by atoms with E-state index in [9.17, 15) is 9.59 Å². The van der Waals surface area contributed by atoms with Crippen molar-refractivity contribution in [1.82, 2.24) is 9.88 Å². The molecule has 3 aromatic rings. The Morgan fingerprint density at radius 2 is 2.16 bits per heavy atom. The minimum absolute atomic E-state index is 0.0278. The molecule has 3 aromatic heterocycles. The first-order chi connectivity index (χ1) is 12.1. The molecule has 0 unspecified atom stereocenters. The monoisotopic (exact) mass is 393 g/mol. The molecular formula is C16H12ClN3O3S2. The van der Waals surface area contributed by atoms with E-state index in [0.29, 0.717) is 39.4 Å². The van der Waals surface area contributed by atoms with Gasteiger partial charge >= 0.3 is 0 Å². The standard InChI is InChI=1S/C16H12ClN3O3S2/c17-13-2-1-11(24-13)15(22)20-5-3-10-12(7-20)25-16(18-10)19-14(21)9-4-6-23-8-9/h1-2,4,6,8H,3,5,7H2,(H,18,19,21). The Bertz CT molecular complexity index is 932. The molecule has 4 rings (SSSR count). The van der Waals surface area contributed by atoms with Gasteiger partial charge in [-0.25, -0.2) is 4.98 Å². The van der Waals surface area contributed by atoms with Gasteiger partial charge in [0.1, 0.15) is 6.26 Å². The average molecular weight is 394 g/mol. The number of amides is 2. The van der Waals surface area contributed by atoms with Gasteiger partial charge in [-0.2, -0.15) is 0 Å². The van der Waals surface area contributed by atoms with E-state index < -0.39 is 0 Å². The van der Waals surface area contributed by atoms with Crippen molar-refractivity contribution < 1.29 is 14.0 Å². The van der Waals surface area contributed by atoms with Gasteiger partial charge in [0.25, 0.3) is 11.8 Å². The largest absolute Gasteiger partial charge is 0.472 e. The topological polar surface area (TPSA) is 75.4 Å². The summed E-state index contributed by atoms with van der Waals surface area (Å²) in [7, 11) is 0. The van der Waals surface area contributed by atoms with Crippen LogP contribution in [0.1, 0.15) is 30.6 Å². The molecule has 0 radical (unpaired) electrons. The average Bonchev–Trinajstić information content (AvgIpc) is 3.33. The third-order valence-electron chi connectivity index (χ3n) is 3.81. The number of thiophene rings is 1. The summed E-state index contributed by atoms with van der Waals surface area (Å²) in [6, 6.07) is 5.06. The summed E-state index contributed by atoms with van der Waals surface area (Å²) in [4.78, 5) is 32.5. The smallest absolute Gasteiger partial charge is 0.264 e. The van der Waals surface area contributed by atoms with E-state index in [1.165, 1.54) is 35.2 Å². The third-order valence-corrected chi connectivity index (χ3v) is 6.02. The van der Waals surface area contributed by atoms with Crippen molar-refractivity contribution in [2.75, 3.05) is 11.9 Å². The van der Waals surface area contributed by atoms with Gasteiger partial charge in [0.2, 0.25) is 0 Å². The molecule has 4 heterocycles. The van der Waals surface area contributed by atoms with Crippen molar-refractivity contribution in [1.29, 1.82) is 0 Å². The zero-order valence-electron chi connectivity index (χ0n) is 12.8. The molecule has 0 aromatic carbocycles. The Morgan fingerprint density at radius 1 is 1.28 bits per heavy atom. The van der Waals surface area contributed by atoms with Crippen molar-refractivity contribution in [3.63, 3.8) is 0 Å². The van der Waals surface area contributed by atoms with Crippen molar-refractivity contribution in [3.8, 4) is 0 Å². The summed E-state index contributed by atoms with van der Waals surface area (Å²) in [5.41, 5.74) is 1.38. The van der Waals surface area contributed by atoms with Crippen LogP contribution in [0.15, 0.2) is 35.1 Å². The maximum Gasteiger partial charge on any atom is 0.264 e. The number of fused-ring (bicyclic) bond motifs is 1. The van der Waals surface area contributed by atoms with Gasteiger partial charge in [-0.3, -0.25) is 14.9 Å². The van der Waals surface area contributed by atoms with E-state index in [1.54, 1.807) is 23.1 Å². The number of nitrogens with one attached hydrogen (secondary N) is 1. The number of thiazole rings is 1. The molecule has 0 fully saturated rings. The SMILES string of the molecule is O=C(Nc1nc2c(s1)CN(C(=O)c1ccc(Cl)s1)CC2)c1ccoc1. The maximum absolute atomic E-state index is 12.5. The quantitative estimate of drug-likeness (QED) is 0.732. The molecule has 1 aliphatic rings. The lowest BCUT2D eigenvalue weighted by atomic mass is 10.2. The lowest BCUT2D eigenvalue weighted by Crippen LogP contribution is -2.35. The number of rotatable bonds is 3. The fourth-order valence-corrected chi connectivity index (χ4v) is 4.60. The van der Waals surface area contributed by atoms with Crippen LogP contribution in [0.3, 0.4) is 0 Å². The van der Waals surface area contributed by atoms with Gasteiger partial charge in [0.15, 0.2) is 5.13 Å². The van der Waals surface area contributed by atoms with E-state index in [-0.39, 0.29) is 11.8 Å². The first-order valence-corrected chi connectivity index (χ1v) is 9.48. The number of aromatic nitrogens is 1. The van der Waals surface area contributed by atoms with Crippen LogP contribution >= 0.6 is 34.3 Å². The summed E-state index contributed by atoms with van der Waals surface area (Å²) in [5.74, 6) is -0.291. The molecule has 0 atom stereocenters. The molecule has 0 aliphatic carbocycles. The summed E-state index contributed by atoms with van der Waals surface area (Å²) in [5, 5.41) is 3.30. The maximum atomic E-state index is 12.5. The Morgan fingerprint density at radius 3 is 2.88 bits per heavy atom. The van der Waals surface area contributed by atoms with Gasteiger partial charge in [0, 0.05) is 17.8 Å². The van der Waals surface area contributed by atoms with Gasteiger partial charge in [0.05, 0.1) is 33.3 Å². The molecule has 0 saturated heterocycles. The molecule has 25 heavy (non-hydrogen) atoms. The molecule has 128 valence electrons. The van der Waals surface area contributed by atoms with Gasteiger partial charge in [-0.15, -0.1) is 11.3 Å². The van der Waals surface area contributed by atoms with Crippen LogP contribution < -0.4 is 5.32 Å². The van der Waals surface area contributed by atoms with Crippen LogP contribution in [-0.4, -0.2) is 28.2 Å². The molecule has 1 aliphatic heterocycles. The van der Waals surface area contributed by atoms with Gasteiger partial charge in [-0.1, -0.05) is 22.9 Å². The number of halogens is 1. The Labute approximate surface area is 156 Å². The number of nitrogens with zero attached hydrogens (tertiary/aromatic N) is 2. The third kappa shape index (κ3) is 3.33. The Balaban J connectivity index is 1.47. The van der Waals surface area contributed by atoms with Crippen LogP contribution in [0.25, 0.3) is 0 Å². The number of hydrogen-bond donors (Lipinski definition) is 1. The molecule has 0 spiro atoms. The lowest BCUT2D eigenvalue weighted by Gasteiger charge is -2.25. The summed E-state index contributed by atoms with van der Waals surface area (Å²) in [6.45, 7) is 1.09. The molecule has 2 amide bonds. The molecule has 1 N–H and O–H groups in total. The second-order valence-corrected chi connectivity index (χ2v) is 8.23. The minimum Gasteiger partial charge on any atom is -0.472 e. The summed E-state index contributed by atoms with van der Waals surface area (Å²) < 4.78 is 5.51. The normalized spacial score (nSPS) is 13.6. The van der Waals surface area contributed by atoms with Crippen molar-refractivity contribution in [2.24, 2.45) is 0 Å². The molecule has 0 saturated carbocycles. The second kappa shape index (κ2) is 6.62. The Kier molecular flexibility index (Phi) is 4.32. The van der Waals surface area contributed by atoms with Crippen molar-refractivity contribution in [3.05, 3.63) is 56.1 Å². The van der Waals surface area contributed by atoms with Gasteiger partial charge in [-0.05, 0) is 18.2 Å². The first kappa shape index (κ1) is 16.3. The van der Waals surface area contributed by atoms with E-state index in [4.69, 9.17) is 16.0 Å². The van der Waals surface area contributed by atoms with Crippen LogP contribution in [0.5, 0.6) is 0 Å². The van der Waals surface area contributed by atoms with E-state index in [2.05, 4.69) is 10.3 Å². The highest BCUT2D eigenvalue weighted by atomic mass is 35.5. The van der Waals surface area contributed by atoms with Crippen molar-refractivity contribution >= 4 is 51.2 Å². The fourth-order valence-electron chi connectivity index (χ4n) is 2.57. The lowest BCUT2D eigenvalue weighted by molar-refractivity contribution is 0.0741. The molecule has 9 heteroatoms. The highest BCUT2D eigenvalue weighted by Gasteiger charge is 2.26. The Hall–Kier alpha value is -2.16. The molecular weight excluding hydrogens is 382 g/mol. The highest BCUT2D eigenvalue weighted by molar-refractivity contribution is 7.18. The first-order valence-electron chi connectivity index (χ1n) is 7.47. The van der Waals surface area contributed by atoms with Crippen molar-refractivity contribution in [2.45, 2.75) is 13.0 Å². The van der Waals surface area contributed by atoms with Crippen LogP contribution in [0, 0.1) is 0 Å². The predicted molar refractivity (Wildman–Crippen MR) is 96.5 cm³/mol. The number of carbonyl (C=O) groups is 2. The van der Waals surface area contributed by atoms with Crippen LogP contribution in [-0.2, 0) is 13.0 Å². The van der Waals surface area contributed by atoms with E-state index >= 15 is 0 Å². The van der Waals surface area contributed by atoms with Crippen LogP contribution in [0.4, 0.5) is 5.13 Å². The molecule has 6 nitrogen and oxygen atoms in total. The second-order valence-electron chi connectivity index (χ2n) is 5.44. The zero-order valence-corrected chi connectivity index (χ0v) is 15.2. The summed E-state index contributed by atoms with van der Waals surface area (Å²) >= 11 is 8.58. The number of furan rings is 1. The number of hydrogen-bond acceptors (Lipinski definition) is 6. The number of anilines is 1. The van der Waals surface area contributed by atoms with E-state index in [1.807, 2.05) is 0 Å². The summed E-state index contributed by atoms with van der Waals surface area (Å²) in [6.07, 6.45) is 3.50. The zero-order chi connectivity index (χ0) is 17.4. The van der Waals surface area contributed by atoms with E-state index in [0.717, 1.165) is 10.6 Å². The van der Waals surface area contributed by atoms with Crippen LogP contribution in [0.2, 0.25) is 4.34 Å². The molecule has 0 bridgehead atoms. The fraction of sp³-hybridized carbons (Fsp3) is 0.188.